The molecule has 0 aliphatic heterocycles. The first kappa shape index (κ1) is 13.6. The molecule has 0 saturated carbocycles. The van der Waals surface area contributed by atoms with Crippen molar-refractivity contribution in [3.05, 3.63) is 69.7 Å². The minimum atomic E-state index is -0.878. The van der Waals surface area contributed by atoms with E-state index in [9.17, 15) is 10.1 Å². The lowest BCUT2D eigenvalue weighted by atomic mass is 9.92. The molecule has 0 heterocycles. The van der Waals surface area contributed by atoms with Gasteiger partial charge in [-0.15, -0.1) is 0 Å². The summed E-state index contributed by atoms with van der Waals surface area (Å²) in [5.74, 6) is -1.22. The van der Waals surface area contributed by atoms with Crippen LogP contribution in [0.5, 0.6) is 0 Å². The first-order valence-corrected chi connectivity index (χ1v) is 6.33. The van der Waals surface area contributed by atoms with Crippen LogP contribution in [-0.2, 0) is 0 Å². The van der Waals surface area contributed by atoms with Crippen LogP contribution in [0.4, 0.5) is 0 Å². The summed E-state index contributed by atoms with van der Waals surface area (Å²) in [6.45, 7) is 0. The van der Waals surface area contributed by atoms with Crippen LogP contribution in [0.25, 0.3) is 0 Å². The third-order valence-electron chi connectivity index (χ3n) is 2.74. The summed E-state index contributed by atoms with van der Waals surface area (Å²) < 4.78 is 0. The van der Waals surface area contributed by atoms with Crippen LogP contribution in [0.2, 0.25) is 10.0 Å². The Morgan fingerprint density at radius 3 is 2.37 bits per heavy atom. The molecular weight excluding hydrogens is 281 g/mol. The van der Waals surface area contributed by atoms with Gasteiger partial charge < -0.3 is 0 Å². The van der Waals surface area contributed by atoms with Gasteiger partial charge in [0.1, 0.15) is 5.92 Å². The largest absolute Gasteiger partial charge is 0.292 e. The molecule has 0 bridgehead atoms. The van der Waals surface area contributed by atoms with E-state index in [1.165, 1.54) is 0 Å². The topological polar surface area (TPSA) is 40.9 Å². The third kappa shape index (κ3) is 2.78. The second-order valence-electron chi connectivity index (χ2n) is 3.94. The number of benzene rings is 2. The first-order valence-electron chi connectivity index (χ1n) is 5.58. The summed E-state index contributed by atoms with van der Waals surface area (Å²) >= 11 is 11.9. The Bertz CT molecular complexity index is 647. The van der Waals surface area contributed by atoms with E-state index in [-0.39, 0.29) is 16.4 Å². The molecule has 2 aromatic carbocycles. The molecule has 1 unspecified atom stereocenters. The van der Waals surface area contributed by atoms with Crippen LogP contribution in [-0.4, -0.2) is 5.78 Å². The maximum atomic E-state index is 12.4. The number of ketones is 1. The predicted molar refractivity (Wildman–Crippen MR) is 75.6 cm³/mol. The lowest BCUT2D eigenvalue weighted by Gasteiger charge is -2.10. The van der Waals surface area contributed by atoms with Gasteiger partial charge in [0.15, 0.2) is 5.78 Å². The Morgan fingerprint density at radius 1 is 1.05 bits per heavy atom. The fourth-order valence-electron chi connectivity index (χ4n) is 1.78. The number of Topliss-reactive ketones (excluding diaryl/α,β-unsaturated/α-hetero) is 1. The van der Waals surface area contributed by atoms with E-state index >= 15 is 0 Å². The number of hydrogen-bond acceptors (Lipinski definition) is 2. The molecule has 0 aromatic heterocycles. The van der Waals surface area contributed by atoms with Crippen LogP contribution < -0.4 is 0 Å². The van der Waals surface area contributed by atoms with Crippen molar-refractivity contribution < 1.29 is 4.79 Å². The fourth-order valence-corrected chi connectivity index (χ4v) is 2.17. The van der Waals surface area contributed by atoms with Gasteiger partial charge in [-0.3, -0.25) is 4.79 Å². The predicted octanol–water partition coefficient (Wildman–Crippen LogP) is 4.48. The zero-order valence-corrected chi connectivity index (χ0v) is 11.3. The van der Waals surface area contributed by atoms with Crippen molar-refractivity contribution in [3.63, 3.8) is 0 Å². The van der Waals surface area contributed by atoms with E-state index in [1.807, 2.05) is 12.1 Å². The molecule has 4 heteroatoms. The highest BCUT2D eigenvalue weighted by Crippen LogP contribution is 2.29. The lowest BCUT2D eigenvalue weighted by molar-refractivity contribution is 0.0979. The number of halogens is 2. The van der Waals surface area contributed by atoms with Gasteiger partial charge in [-0.05, 0) is 17.7 Å². The van der Waals surface area contributed by atoms with Gasteiger partial charge in [-0.25, -0.2) is 0 Å². The van der Waals surface area contributed by atoms with Crippen LogP contribution in [0, 0.1) is 11.3 Å². The molecule has 19 heavy (non-hydrogen) atoms. The first-order chi connectivity index (χ1) is 9.15. The maximum Gasteiger partial charge on any atom is 0.186 e. The van der Waals surface area contributed by atoms with E-state index in [4.69, 9.17) is 23.2 Å². The maximum absolute atomic E-state index is 12.4. The summed E-state index contributed by atoms with van der Waals surface area (Å²) in [6.07, 6.45) is 0. The Balaban J connectivity index is 2.43. The van der Waals surface area contributed by atoms with Gasteiger partial charge in [0, 0.05) is 5.56 Å². The smallest absolute Gasteiger partial charge is 0.186 e. The third-order valence-corrected chi connectivity index (χ3v) is 3.56. The molecule has 0 saturated heterocycles. The summed E-state index contributed by atoms with van der Waals surface area (Å²) in [6, 6.07) is 15.7. The molecule has 0 fully saturated rings. The number of rotatable bonds is 3. The molecule has 0 aliphatic rings. The Morgan fingerprint density at radius 2 is 1.74 bits per heavy atom. The van der Waals surface area contributed by atoms with Crippen molar-refractivity contribution in [3.8, 4) is 6.07 Å². The molecule has 0 radical (unpaired) electrons. The highest BCUT2D eigenvalue weighted by atomic mass is 35.5. The monoisotopic (exact) mass is 289 g/mol. The molecule has 2 nitrogen and oxygen atoms in total. The van der Waals surface area contributed by atoms with Gasteiger partial charge in [-0.2, -0.15) is 5.26 Å². The second-order valence-corrected chi connectivity index (χ2v) is 4.72. The van der Waals surface area contributed by atoms with Crippen LogP contribution >= 0.6 is 23.2 Å². The lowest BCUT2D eigenvalue weighted by Crippen LogP contribution is -2.11. The van der Waals surface area contributed by atoms with Crippen LogP contribution in [0.15, 0.2) is 48.5 Å². The zero-order valence-electron chi connectivity index (χ0n) is 9.81. The van der Waals surface area contributed by atoms with Gasteiger partial charge in [-0.1, -0.05) is 59.6 Å². The van der Waals surface area contributed by atoms with Crippen LogP contribution in [0.1, 0.15) is 21.8 Å². The van der Waals surface area contributed by atoms with Crippen molar-refractivity contribution in [2.24, 2.45) is 0 Å². The number of nitrogens with zero attached hydrogens (tertiary/aromatic N) is 1. The second kappa shape index (κ2) is 5.88. The van der Waals surface area contributed by atoms with Gasteiger partial charge in [0.2, 0.25) is 0 Å². The Hall–Kier alpha value is -1.82. The molecule has 1 atom stereocenters. The molecule has 0 spiro atoms. The number of carbonyl (C=O) groups is 1. The molecule has 0 aliphatic carbocycles. The SMILES string of the molecule is N#CC(C(=O)c1cccc(Cl)c1Cl)c1ccccc1. The van der Waals surface area contributed by atoms with Crippen molar-refractivity contribution in [1.82, 2.24) is 0 Å². The standard InChI is InChI=1S/C15H9Cl2NO/c16-13-8-4-7-11(14(13)17)15(19)12(9-18)10-5-2-1-3-6-10/h1-8,12H. The minimum Gasteiger partial charge on any atom is -0.292 e. The van der Waals surface area contributed by atoms with Gasteiger partial charge in [0.25, 0.3) is 0 Å². The van der Waals surface area contributed by atoms with Crippen molar-refractivity contribution in [1.29, 1.82) is 5.26 Å². The van der Waals surface area contributed by atoms with Crippen LogP contribution in [0.3, 0.4) is 0 Å². The van der Waals surface area contributed by atoms with Crippen molar-refractivity contribution >= 4 is 29.0 Å². The molecule has 2 aromatic rings. The fraction of sp³-hybridized carbons (Fsp3) is 0.0667. The van der Waals surface area contributed by atoms with Gasteiger partial charge in [0.05, 0.1) is 16.1 Å². The number of hydrogen-bond donors (Lipinski definition) is 0. The van der Waals surface area contributed by atoms with E-state index in [0.717, 1.165) is 0 Å². The van der Waals surface area contributed by atoms with Crippen molar-refractivity contribution in [2.45, 2.75) is 5.92 Å². The van der Waals surface area contributed by atoms with E-state index in [1.54, 1.807) is 42.5 Å². The molecule has 2 rings (SSSR count). The average Bonchev–Trinajstić information content (AvgIpc) is 2.44. The molecule has 0 amide bonds. The van der Waals surface area contributed by atoms with Gasteiger partial charge >= 0.3 is 0 Å². The summed E-state index contributed by atoms with van der Waals surface area (Å²) in [5, 5.41) is 9.71. The van der Waals surface area contributed by atoms with E-state index < -0.39 is 5.92 Å². The summed E-state index contributed by atoms with van der Waals surface area (Å²) in [7, 11) is 0. The number of nitriles is 1. The Labute approximate surface area is 121 Å². The molecule has 0 N–H and O–H groups in total. The number of carbonyl (C=O) groups excluding carboxylic acids is 1. The highest BCUT2D eigenvalue weighted by Gasteiger charge is 2.24. The highest BCUT2D eigenvalue weighted by molar-refractivity contribution is 6.44. The quantitative estimate of drug-likeness (QED) is 0.782. The van der Waals surface area contributed by atoms with E-state index in [2.05, 4.69) is 0 Å². The molecule has 94 valence electrons. The zero-order chi connectivity index (χ0) is 13.8. The minimum absolute atomic E-state index is 0.186. The normalized spacial score (nSPS) is 11.6. The van der Waals surface area contributed by atoms with E-state index in [0.29, 0.717) is 10.6 Å². The molecular formula is C15H9Cl2NO. The summed E-state index contributed by atoms with van der Waals surface area (Å²) in [5.41, 5.74) is 0.913. The summed E-state index contributed by atoms with van der Waals surface area (Å²) in [4.78, 5) is 12.4. The Kier molecular flexibility index (Phi) is 4.21. The average molecular weight is 290 g/mol. The van der Waals surface area contributed by atoms with Crippen molar-refractivity contribution in [2.75, 3.05) is 0 Å².